The molecule has 1 saturated heterocycles. The van der Waals surface area contributed by atoms with Gasteiger partial charge in [-0.25, -0.2) is 13.1 Å². The molecule has 0 saturated carbocycles. The number of hydrogen-bond acceptors (Lipinski definition) is 6. The number of benzene rings is 2. The Kier molecular flexibility index (Phi) is 7.36. The van der Waals surface area contributed by atoms with E-state index >= 15 is 0 Å². The number of nitrogens with zero attached hydrogens (tertiary/aromatic N) is 2. The Morgan fingerprint density at radius 1 is 1.00 bits per heavy atom. The summed E-state index contributed by atoms with van der Waals surface area (Å²) >= 11 is 0. The fraction of sp³-hybridized carbons (Fsp3) is 0.455. The van der Waals surface area contributed by atoms with E-state index in [1.165, 1.54) is 0 Å². The van der Waals surface area contributed by atoms with Crippen LogP contribution < -0.4 is 14.2 Å². The van der Waals surface area contributed by atoms with Gasteiger partial charge in [-0.05, 0) is 55.4 Å². The maximum Gasteiger partial charge on any atom is 0.240 e. The minimum absolute atomic E-state index is 0.0567. The van der Waals surface area contributed by atoms with Crippen molar-refractivity contribution in [2.75, 3.05) is 54.0 Å². The van der Waals surface area contributed by atoms with Gasteiger partial charge in [-0.1, -0.05) is 12.1 Å². The van der Waals surface area contributed by atoms with Crippen LogP contribution in [0.5, 0.6) is 11.5 Å². The number of aryl methyl sites for hydroxylation is 1. The third kappa shape index (κ3) is 5.31. The molecule has 0 bridgehead atoms. The number of piperazine rings is 1. The van der Waals surface area contributed by atoms with E-state index in [2.05, 4.69) is 21.6 Å². The second-order valence-corrected chi connectivity index (χ2v) is 9.38. The van der Waals surface area contributed by atoms with E-state index in [9.17, 15) is 8.42 Å². The molecular formula is C22H31N3O4S. The third-order valence-electron chi connectivity index (χ3n) is 5.62. The summed E-state index contributed by atoms with van der Waals surface area (Å²) in [5.41, 5.74) is 1.85. The fourth-order valence-corrected chi connectivity index (χ4v) is 4.83. The first-order valence-corrected chi connectivity index (χ1v) is 11.5. The molecule has 0 aliphatic carbocycles. The lowest BCUT2D eigenvalue weighted by Crippen LogP contribution is -2.48. The molecule has 1 atom stereocenters. The Balaban J connectivity index is 1.80. The quantitative estimate of drug-likeness (QED) is 0.689. The van der Waals surface area contributed by atoms with Crippen LogP contribution in [0.15, 0.2) is 47.4 Å². The average molecular weight is 434 g/mol. The molecule has 3 rings (SSSR count). The smallest absolute Gasteiger partial charge is 0.240 e. The third-order valence-corrected chi connectivity index (χ3v) is 7.04. The largest absolute Gasteiger partial charge is 0.497 e. The van der Waals surface area contributed by atoms with Gasteiger partial charge in [0.05, 0.1) is 19.1 Å². The summed E-state index contributed by atoms with van der Waals surface area (Å²) in [6.07, 6.45) is 0. The Hall–Kier alpha value is -2.13. The second kappa shape index (κ2) is 9.78. The van der Waals surface area contributed by atoms with Crippen molar-refractivity contribution in [1.29, 1.82) is 0 Å². The van der Waals surface area contributed by atoms with E-state index in [0.29, 0.717) is 12.3 Å². The molecule has 2 aromatic carbocycles. The zero-order valence-electron chi connectivity index (χ0n) is 18.1. The van der Waals surface area contributed by atoms with E-state index in [4.69, 9.17) is 9.47 Å². The van der Waals surface area contributed by atoms with Crippen LogP contribution in [0.2, 0.25) is 0 Å². The SMILES string of the molecule is COc1ccc([C@@H](CNS(=O)(=O)c2ccc(OC)c(C)c2)N2CCN(C)CC2)cc1. The Bertz CT molecular complexity index is 939. The van der Waals surface area contributed by atoms with Gasteiger partial charge < -0.3 is 14.4 Å². The second-order valence-electron chi connectivity index (χ2n) is 7.61. The molecule has 0 unspecified atom stereocenters. The van der Waals surface area contributed by atoms with Crippen molar-refractivity contribution in [1.82, 2.24) is 14.5 Å². The van der Waals surface area contributed by atoms with E-state index in [-0.39, 0.29) is 10.9 Å². The number of hydrogen-bond donors (Lipinski definition) is 1. The van der Waals surface area contributed by atoms with Gasteiger partial charge in [-0.15, -0.1) is 0 Å². The molecule has 30 heavy (non-hydrogen) atoms. The minimum Gasteiger partial charge on any atom is -0.497 e. The van der Waals surface area contributed by atoms with E-state index < -0.39 is 10.0 Å². The van der Waals surface area contributed by atoms with Crippen molar-refractivity contribution < 1.29 is 17.9 Å². The molecule has 1 heterocycles. The number of ether oxygens (including phenoxy) is 2. The first-order valence-electron chi connectivity index (χ1n) is 10.0. The standard InChI is InChI=1S/C22H31N3O4S/c1-17-15-20(9-10-22(17)29-4)30(26,27)23-16-21(25-13-11-24(2)12-14-25)18-5-7-19(28-3)8-6-18/h5-10,15,21,23H,11-14,16H2,1-4H3/t21-/m1/s1. The number of rotatable bonds is 8. The lowest BCUT2D eigenvalue weighted by molar-refractivity contribution is 0.113. The summed E-state index contributed by atoms with van der Waals surface area (Å²) in [5.74, 6) is 1.45. The molecule has 1 aliphatic heterocycles. The molecule has 0 spiro atoms. The van der Waals surface area contributed by atoms with Gasteiger partial charge in [0.1, 0.15) is 11.5 Å². The van der Waals surface area contributed by atoms with Crippen LogP contribution in [0, 0.1) is 6.92 Å². The van der Waals surface area contributed by atoms with Crippen LogP contribution >= 0.6 is 0 Å². The monoisotopic (exact) mass is 433 g/mol. The van der Waals surface area contributed by atoms with Crippen LogP contribution in [0.1, 0.15) is 17.2 Å². The number of sulfonamides is 1. The van der Waals surface area contributed by atoms with Gasteiger partial charge in [0.25, 0.3) is 0 Å². The molecular weight excluding hydrogens is 402 g/mol. The van der Waals surface area contributed by atoms with Crippen molar-refractivity contribution in [3.8, 4) is 11.5 Å². The molecule has 1 N–H and O–H groups in total. The van der Waals surface area contributed by atoms with Crippen LogP contribution in [0.25, 0.3) is 0 Å². The summed E-state index contributed by atoms with van der Waals surface area (Å²) < 4.78 is 39.2. The van der Waals surface area contributed by atoms with Gasteiger partial charge in [-0.3, -0.25) is 4.90 Å². The van der Waals surface area contributed by atoms with E-state index in [1.54, 1.807) is 32.4 Å². The molecule has 2 aromatic rings. The molecule has 164 valence electrons. The van der Waals surface area contributed by atoms with E-state index in [1.807, 2.05) is 31.2 Å². The molecule has 1 aliphatic rings. The van der Waals surface area contributed by atoms with Gasteiger partial charge in [0.2, 0.25) is 10.0 Å². The predicted octanol–water partition coefficient (Wildman–Crippen LogP) is 2.28. The number of nitrogens with one attached hydrogen (secondary N) is 1. The highest BCUT2D eigenvalue weighted by atomic mass is 32.2. The zero-order chi connectivity index (χ0) is 21.7. The van der Waals surface area contributed by atoms with Crippen molar-refractivity contribution >= 4 is 10.0 Å². The van der Waals surface area contributed by atoms with Gasteiger partial charge in [0, 0.05) is 38.8 Å². The van der Waals surface area contributed by atoms with Gasteiger partial charge in [-0.2, -0.15) is 0 Å². The normalized spacial score (nSPS) is 16.9. The molecule has 0 amide bonds. The number of methoxy groups -OCH3 is 2. The van der Waals surface area contributed by atoms with E-state index in [0.717, 1.165) is 43.1 Å². The van der Waals surface area contributed by atoms with Gasteiger partial charge >= 0.3 is 0 Å². The van der Waals surface area contributed by atoms with Crippen molar-refractivity contribution in [3.05, 3.63) is 53.6 Å². The molecule has 8 heteroatoms. The highest BCUT2D eigenvalue weighted by molar-refractivity contribution is 7.89. The summed E-state index contributed by atoms with van der Waals surface area (Å²) in [6, 6.07) is 12.7. The molecule has 0 radical (unpaired) electrons. The number of likely N-dealkylation sites (N-methyl/N-ethyl adjacent to an activating group) is 1. The highest BCUT2D eigenvalue weighted by Crippen LogP contribution is 2.25. The van der Waals surface area contributed by atoms with Crippen LogP contribution in [0.3, 0.4) is 0 Å². The molecule has 7 nitrogen and oxygen atoms in total. The topological polar surface area (TPSA) is 71.1 Å². The van der Waals surface area contributed by atoms with Crippen LogP contribution in [-0.2, 0) is 10.0 Å². The molecule has 0 aromatic heterocycles. The van der Waals surface area contributed by atoms with Gasteiger partial charge in [0.15, 0.2) is 0 Å². The van der Waals surface area contributed by atoms with Crippen LogP contribution in [0.4, 0.5) is 0 Å². The van der Waals surface area contributed by atoms with Crippen molar-refractivity contribution in [3.63, 3.8) is 0 Å². The lowest BCUT2D eigenvalue weighted by Gasteiger charge is -2.38. The zero-order valence-corrected chi connectivity index (χ0v) is 18.9. The maximum absolute atomic E-state index is 13.0. The summed E-state index contributed by atoms with van der Waals surface area (Å²) in [5, 5.41) is 0. The first kappa shape index (κ1) is 22.6. The first-order chi connectivity index (χ1) is 14.3. The minimum atomic E-state index is -3.64. The maximum atomic E-state index is 13.0. The summed E-state index contributed by atoms with van der Waals surface area (Å²) in [6.45, 7) is 5.81. The lowest BCUT2D eigenvalue weighted by atomic mass is 10.0. The Morgan fingerprint density at radius 2 is 1.67 bits per heavy atom. The van der Waals surface area contributed by atoms with Crippen molar-refractivity contribution in [2.45, 2.75) is 17.9 Å². The summed E-state index contributed by atoms with van der Waals surface area (Å²) in [7, 11) is 1.68. The fourth-order valence-electron chi connectivity index (χ4n) is 3.71. The predicted molar refractivity (Wildman–Crippen MR) is 118 cm³/mol. The Labute approximate surface area is 179 Å². The molecule has 1 fully saturated rings. The summed E-state index contributed by atoms with van der Waals surface area (Å²) in [4.78, 5) is 4.86. The highest BCUT2D eigenvalue weighted by Gasteiger charge is 2.26. The average Bonchev–Trinajstić information content (AvgIpc) is 2.75. The Morgan fingerprint density at radius 3 is 2.23 bits per heavy atom. The van der Waals surface area contributed by atoms with Crippen LogP contribution in [-0.4, -0.2) is 72.2 Å². The van der Waals surface area contributed by atoms with Crippen molar-refractivity contribution in [2.24, 2.45) is 0 Å².